The van der Waals surface area contributed by atoms with Crippen LogP contribution in [0.1, 0.15) is 38.7 Å². The fraction of sp³-hybridized carbons (Fsp3) is 0.682. The van der Waals surface area contributed by atoms with Crippen molar-refractivity contribution >= 4 is 5.96 Å². The number of rotatable bonds is 11. The van der Waals surface area contributed by atoms with Gasteiger partial charge in [-0.15, -0.1) is 0 Å². The first-order valence-electron chi connectivity index (χ1n) is 10.7. The average molecular weight is 391 g/mol. The van der Waals surface area contributed by atoms with Gasteiger partial charge in [0, 0.05) is 32.8 Å². The van der Waals surface area contributed by atoms with E-state index >= 15 is 0 Å². The lowest BCUT2D eigenvalue weighted by Crippen LogP contribution is -2.44. The van der Waals surface area contributed by atoms with Crippen LogP contribution in [0.5, 0.6) is 5.75 Å². The summed E-state index contributed by atoms with van der Waals surface area (Å²) in [7, 11) is 1.69. The summed E-state index contributed by atoms with van der Waals surface area (Å²) in [5, 5.41) is 7.02. The van der Waals surface area contributed by atoms with Gasteiger partial charge in [0.2, 0.25) is 0 Å². The number of nitrogens with one attached hydrogen (secondary N) is 2. The van der Waals surface area contributed by atoms with Gasteiger partial charge in [-0.05, 0) is 62.9 Å². The molecule has 28 heavy (non-hydrogen) atoms. The van der Waals surface area contributed by atoms with Crippen LogP contribution >= 0.6 is 0 Å². The second-order valence-electron chi connectivity index (χ2n) is 7.27. The third-order valence-corrected chi connectivity index (χ3v) is 5.15. The van der Waals surface area contributed by atoms with Gasteiger partial charge in [-0.25, -0.2) is 4.99 Å². The molecule has 1 aliphatic rings. The lowest BCUT2D eigenvalue weighted by molar-refractivity contribution is 0.145. The summed E-state index contributed by atoms with van der Waals surface area (Å²) in [5.41, 5.74) is 1.17. The molecular weight excluding hydrogens is 352 g/mol. The topological polar surface area (TPSA) is 58.1 Å². The molecule has 1 heterocycles. The molecule has 2 N–H and O–H groups in total. The van der Waals surface area contributed by atoms with Crippen molar-refractivity contribution in [2.45, 2.75) is 39.7 Å². The number of likely N-dealkylation sites (tertiary alicyclic amines) is 1. The fourth-order valence-electron chi connectivity index (χ4n) is 3.45. The summed E-state index contributed by atoms with van der Waals surface area (Å²) in [6.07, 6.45) is 3.56. The van der Waals surface area contributed by atoms with Crippen LogP contribution in [-0.2, 0) is 11.3 Å². The Morgan fingerprint density at radius 1 is 1.21 bits per heavy atom. The Bertz CT molecular complexity index is 562. The van der Waals surface area contributed by atoms with Crippen LogP contribution in [0.4, 0.5) is 0 Å². The minimum atomic E-state index is 0.649. The van der Waals surface area contributed by atoms with E-state index < -0.39 is 0 Å². The molecule has 2 rings (SSSR count). The van der Waals surface area contributed by atoms with Gasteiger partial charge in [0.05, 0.1) is 13.7 Å². The molecular formula is C22H38N4O2. The van der Waals surface area contributed by atoms with Gasteiger partial charge in [-0.3, -0.25) is 0 Å². The van der Waals surface area contributed by atoms with E-state index in [1.165, 1.54) is 31.5 Å². The monoisotopic (exact) mass is 390 g/mol. The summed E-state index contributed by atoms with van der Waals surface area (Å²) in [6.45, 7) is 11.9. The molecule has 0 radical (unpaired) electrons. The maximum absolute atomic E-state index is 5.43. The number of ether oxygens (including phenoxy) is 2. The molecule has 0 aromatic heterocycles. The standard InChI is InChI=1S/C22H38N4O2/c1-4-26-14-6-8-20(18-26)17-25-22(23-13-7-15-28-5-2)24-16-19-9-11-21(27-3)12-10-19/h9-12,20H,4-8,13-18H2,1-3H3,(H2,23,24,25). The highest BCUT2D eigenvalue weighted by molar-refractivity contribution is 5.79. The van der Waals surface area contributed by atoms with Crippen molar-refractivity contribution in [1.82, 2.24) is 15.5 Å². The highest BCUT2D eigenvalue weighted by Gasteiger charge is 2.18. The quantitative estimate of drug-likeness (QED) is 0.346. The number of nitrogens with zero attached hydrogens (tertiary/aromatic N) is 2. The molecule has 1 atom stereocenters. The highest BCUT2D eigenvalue weighted by Crippen LogP contribution is 2.15. The molecule has 6 nitrogen and oxygen atoms in total. The molecule has 0 bridgehead atoms. The van der Waals surface area contributed by atoms with E-state index in [1.54, 1.807) is 7.11 Å². The lowest BCUT2D eigenvalue weighted by atomic mass is 9.98. The summed E-state index contributed by atoms with van der Waals surface area (Å²) >= 11 is 0. The summed E-state index contributed by atoms with van der Waals surface area (Å²) < 4.78 is 10.7. The Hall–Kier alpha value is -1.79. The first-order valence-corrected chi connectivity index (χ1v) is 10.7. The number of benzene rings is 1. The van der Waals surface area contributed by atoms with E-state index in [4.69, 9.17) is 14.5 Å². The Balaban J connectivity index is 1.87. The summed E-state index contributed by atoms with van der Waals surface area (Å²) in [4.78, 5) is 7.33. The smallest absolute Gasteiger partial charge is 0.191 e. The Morgan fingerprint density at radius 2 is 2.04 bits per heavy atom. The van der Waals surface area contributed by atoms with Crippen molar-refractivity contribution in [3.63, 3.8) is 0 Å². The second-order valence-corrected chi connectivity index (χ2v) is 7.27. The average Bonchev–Trinajstić information content (AvgIpc) is 2.75. The zero-order chi connectivity index (χ0) is 20.0. The molecule has 0 spiro atoms. The normalized spacial score (nSPS) is 18.1. The van der Waals surface area contributed by atoms with E-state index in [2.05, 4.69) is 34.6 Å². The SMILES string of the molecule is CCOCCCNC(=NCc1ccc(OC)cc1)NCC1CCCN(CC)C1. The third-order valence-electron chi connectivity index (χ3n) is 5.15. The van der Waals surface area contributed by atoms with Crippen LogP contribution in [-0.4, -0.2) is 63.9 Å². The molecule has 0 saturated carbocycles. The van der Waals surface area contributed by atoms with Gasteiger partial charge in [0.1, 0.15) is 5.75 Å². The minimum Gasteiger partial charge on any atom is -0.497 e. The van der Waals surface area contributed by atoms with Crippen molar-refractivity contribution in [3.05, 3.63) is 29.8 Å². The van der Waals surface area contributed by atoms with Gasteiger partial charge in [0.15, 0.2) is 5.96 Å². The van der Waals surface area contributed by atoms with E-state index in [-0.39, 0.29) is 0 Å². The maximum atomic E-state index is 5.43. The van der Waals surface area contributed by atoms with Crippen LogP contribution in [0.15, 0.2) is 29.3 Å². The van der Waals surface area contributed by atoms with Crippen molar-refractivity contribution < 1.29 is 9.47 Å². The molecule has 1 aromatic carbocycles. The highest BCUT2D eigenvalue weighted by atomic mass is 16.5. The van der Waals surface area contributed by atoms with Gasteiger partial charge in [-0.2, -0.15) is 0 Å². The molecule has 1 saturated heterocycles. The van der Waals surface area contributed by atoms with E-state index in [0.29, 0.717) is 12.5 Å². The van der Waals surface area contributed by atoms with Crippen LogP contribution in [0.2, 0.25) is 0 Å². The van der Waals surface area contributed by atoms with E-state index in [9.17, 15) is 0 Å². The van der Waals surface area contributed by atoms with Crippen LogP contribution < -0.4 is 15.4 Å². The molecule has 1 fully saturated rings. The number of piperidine rings is 1. The van der Waals surface area contributed by atoms with E-state index in [0.717, 1.165) is 51.0 Å². The lowest BCUT2D eigenvalue weighted by Gasteiger charge is -2.32. The summed E-state index contributed by atoms with van der Waals surface area (Å²) in [6, 6.07) is 8.09. The number of aliphatic imine (C=N–C) groups is 1. The largest absolute Gasteiger partial charge is 0.497 e. The molecule has 0 aliphatic carbocycles. The van der Waals surface area contributed by atoms with Gasteiger partial charge >= 0.3 is 0 Å². The molecule has 1 aromatic rings. The van der Waals surface area contributed by atoms with Crippen LogP contribution in [0, 0.1) is 5.92 Å². The minimum absolute atomic E-state index is 0.649. The summed E-state index contributed by atoms with van der Waals surface area (Å²) in [5.74, 6) is 2.45. The molecule has 0 amide bonds. The Labute approximate surface area is 170 Å². The zero-order valence-corrected chi connectivity index (χ0v) is 17.9. The Kier molecular flexibility index (Phi) is 10.8. The van der Waals surface area contributed by atoms with Crippen molar-refractivity contribution in [1.29, 1.82) is 0 Å². The number of hydrogen-bond donors (Lipinski definition) is 2. The number of guanidine groups is 1. The van der Waals surface area contributed by atoms with Crippen molar-refractivity contribution in [3.8, 4) is 5.75 Å². The Morgan fingerprint density at radius 3 is 2.75 bits per heavy atom. The third kappa shape index (κ3) is 8.48. The van der Waals surface area contributed by atoms with E-state index in [1.807, 2.05) is 19.1 Å². The zero-order valence-electron chi connectivity index (χ0n) is 17.9. The maximum Gasteiger partial charge on any atom is 0.191 e. The molecule has 158 valence electrons. The number of hydrogen-bond acceptors (Lipinski definition) is 4. The fourth-order valence-corrected chi connectivity index (χ4v) is 3.45. The van der Waals surface area contributed by atoms with Crippen LogP contribution in [0.3, 0.4) is 0 Å². The molecule has 1 unspecified atom stereocenters. The van der Waals surface area contributed by atoms with Gasteiger partial charge < -0.3 is 25.0 Å². The van der Waals surface area contributed by atoms with Gasteiger partial charge in [0.25, 0.3) is 0 Å². The first kappa shape index (κ1) is 22.5. The van der Waals surface area contributed by atoms with Gasteiger partial charge in [-0.1, -0.05) is 19.1 Å². The predicted molar refractivity (Wildman–Crippen MR) is 116 cm³/mol. The number of methoxy groups -OCH3 is 1. The van der Waals surface area contributed by atoms with Crippen molar-refractivity contribution in [2.75, 3.05) is 53.0 Å². The molecule has 1 aliphatic heterocycles. The predicted octanol–water partition coefficient (Wildman–Crippen LogP) is 2.89. The molecule has 6 heteroatoms. The van der Waals surface area contributed by atoms with Crippen LogP contribution in [0.25, 0.3) is 0 Å². The second kappa shape index (κ2) is 13.4. The first-order chi connectivity index (χ1) is 13.7. The van der Waals surface area contributed by atoms with Crippen molar-refractivity contribution in [2.24, 2.45) is 10.9 Å².